The molecule has 0 aliphatic rings. The van der Waals surface area contributed by atoms with E-state index in [1.165, 1.54) is 36.6 Å². The maximum absolute atomic E-state index is 13.1. The molecule has 4 rings (SSSR count). The molecule has 180 valence electrons. The van der Waals surface area contributed by atoms with Crippen LogP contribution in [0.5, 0.6) is 11.5 Å². The highest BCUT2D eigenvalue weighted by Crippen LogP contribution is 2.32. The van der Waals surface area contributed by atoms with Crippen molar-refractivity contribution in [2.75, 3.05) is 24.3 Å². The molecule has 1 heterocycles. The number of sulfonamides is 1. The number of rotatable bonds is 8. The quantitative estimate of drug-likeness (QED) is 0.339. The van der Waals surface area contributed by atoms with Crippen molar-refractivity contribution < 1.29 is 22.7 Å². The number of aromatic nitrogens is 1. The second-order valence-corrected chi connectivity index (χ2v) is 10.3. The van der Waals surface area contributed by atoms with Crippen molar-refractivity contribution in [3.8, 4) is 22.8 Å². The minimum Gasteiger partial charge on any atom is -0.497 e. The Morgan fingerprint density at radius 3 is 2.11 bits per heavy atom. The number of hydrogen-bond donors (Lipinski definition) is 2. The molecule has 0 aliphatic carbocycles. The molecule has 35 heavy (non-hydrogen) atoms. The Labute approximate surface area is 207 Å². The Bertz CT molecular complexity index is 1450. The first-order valence-corrected chi connectivity index (χ1v) is 12.8. The van der Waals surface area contributed by atoms with Crippen molar-refractivity contribution in [3.05, 3.63) is 83.2 Å². The average Bonchev–Trinajstić information content (AvgIpc) is 3.23. The van der Waals surface area contributed by atoms with E-state index < -0.39 is 15.9 Å². The zero-order valence-corrected chi connectivity index (χ0v) is 20.9. The molecule has 0 fully saturated rings. The fraction of sp³-hybridized carbons (Fsp3) is 0.120. The molecule has 0 bridgehead atoms. The summed E-state index contributed by atoms with van der Waals surface area (Å²) >= 11 is 1.34. The van der Waals surface area contributed by atoms with E-state index in [1.807, 2.05) is 31.2 Å². The number of thiazole rings is 1. The Kier molecular flexibility index (Phi) is 7.04. The highest BCUT2D eigenvalue weighted by Gasteiger charge is 2.20. The Balaban J connectivity index is 1.55. The molecule has 4 aromatic rings. The number of methoxy groups -OCH3 is 2. The van der Waals surface area contributed by atoms with Crippen molar-refractivity contribution in [2.24, 2.45) is 0 Å². The smallest absolute Gasteiger partial charge is 0.261 e. The number of ether oxygens (including phenoxy) is 2. The number of nitrogens with one attached hydrogen (secondary N) is 2. The van der Waals surface area contributed by atoms with Crippen LogP contribution in [-0.4, -0.2) is 33.5 Å². The average molecular weight is 510 g/mol. The molecule has 0 atom stereocenters. The van der Waals surface area contributed by atoms with Crippen LogP contribution in [0, 0.1) is 6.92 Å². The summed E-state index contributed by atoms with van der Waals surface area (Å²) in [6, 6.07) is 19.9. The summed E-state index contributed by atoms with van der Waals surface area (Å²) in [6.07, 6.45) is 0. The van der Waals surface area contributed by atoms with Gasteiger partial charge in [-0.2, -0.15) is 0 Å². The standard InChI is InChI=1S/C25H23N3O5S2/c1-16-23(17-8-10-18(32-2)11-9-17)26-25(34-16)27-24(29)21-6-4-5-7-22(21)28-35(30,31)20-14-12-19(33-3)13-15-20/h4-15,28H,1-3H3,(H,26,27,29). The van der Waals surface area contributed by atoms with Crippen molar-refractivity contribution in [3.63, 3.8) is 0 Å². The molecule has 0 aliphatic heterocycles. The number of benzene rings is 3. The normalized spacial score (nSPS) is 11.1. The minimum absolute atomic E-state index is 0.0493. The van der Waals surface area contributed by atoms with Gasteiger partial charge >= 0.3 is 0 Å². The molecular weight excluding hydrogens is 486 g/mol. The van der Waals surface area contributed by atoms with Gasteiger partial charge in [0.05, 0.1) is 36.1 Å². The third kappa shape index (κ3) is 5.44. The number of aryl methyl sites for hydroxylation is 1. The third-order valence-electron chi connectivity index (χ3n) is 5.17. The molecule has 0 saturated heterocycles. The Hall–Kier alpha value is -3.89. The van der Waals surface area contributed by atoms with Gasteiger partial charge in [-0.25, -0.2) is 13.4 Å². The van der Waals surface area contributed by atoms with Gasteiger partial charge in [0.1, 0.15) is 11.5 Å². The number of amides is 1. The van der Waals surface area contributed by atoms with Gasteiger partial charge < -0.3 is 9.47 Å². The van der Waals surface area contributed by atoms with Gasteiger partial charge in [0.2, 0.25) is 0 Å². The molecular formula is C25H23N3O5S2. The predicted molar refractivity (Wildman–Crippen MR) is 137 cm³/mol. The van der Waals surface area contributed by atoms with E-state index in [1.54, 1.807) is 37.4 Å². The topological polar surface area (TPSA) is 107 Å². The maximum atomic E-state index is 13.1. The van der Waals surface area contributed by atoms with Crippen LogP contribution in [0.3, 0.4) is 0 Å². The first-order chi connectivity index (χ1) is 16.8. The summed E-state index contributed by atoms with van der Waals surface area (Å²) in [7, 11) is -0.817. The molecule has 0 radical (unpaired) electrons. The van der Waals surface area contributed by atoms with Crippen LogP contribution in [0.4, 0.5) is 10.8 Å². The van der Waals surface area contributed by atoms with Crippen molar-refractivity contribution in [1.82, 2.24) is 4.98 Å². The summed E-state index contributed by atoms with van der Waals surface area (Å²) in [5.41, 5.74) is 1.97. The van der Waals surface area contributed by atoms with E-state index in [0.717, 1.165) is 21.9 Å². The van der Waals surface area contributed by atoms with E-state index in [0.29, 0.717) is 10.9 Å². The van der Waals surface area contributed by atoms with Gasteiger partial charge in [0.15, 0.2) is 5.13 Å². The van der Waals surface area contributed by atoms with E-state index in [-0.39, 0.29) is 16.1 Å². The fourth-order valence-electron chi connectivity index (χ4n) is 3.36. The van der Waals surface area contributed by atoms with Crippen LogP contribution in [0.25, 0.3) is 11.3 Å². The zero-order chi connectivity index (χ0) is 25.0. The molecule has 1 aromatic heterocycles. The molecule has 0 saturated carbocycles. The molecule has 0 spiro atoms. The van der Waals surface area contributed by atoms with Crippen LogP contribution in [0.15, 0.2) is 77.7 Å². The van der Waals surface area contributed by atoms with Gasteiger partial charge in [-0.3, -0.25) is 14.8 Å². The van der Waals surface area contributed by atoms with Crippen molar-refractivity contribution in [2.45, 2.75) is 11.8 Å². The predicted octanol–water partition coefficient (Wildman–Crippen LogP) is 5.19. The first kappa shape index (κ1) is 24.2. The van der Waals surface area contributed by atoms with Gasteiger partial charge in [0.25, 0.3) is 15.9 Å². The van der Waals surface area contributed by atoms with Crippen LogP contribution in [0.2, 0.25) is 0 Å². The lowest BCUT2D eigenvalue weighted by molar-refractivity contribution is 0.102. The molecule has 10 heteroatoms. The van der Waals surface area contributed by atoms with Crippen molar-refractivity contribution in [1.29, 1.82) is 0 Å². The molecule has 0 unspecified atom stereocenters. The molecule has 3 aromatic carbocycles. The van der Waals surface area contributed by atoms with Crippen molar-refractivity contribution >= 4 is 38.1 Å². The summed E-state index contributed by atoms with van der Waals surface area (Å²) in [6.45, 7) is 1.92. The molecule has 8 nitrogen and oxygen atoms in total. The second-order valence-electron chi connectivity index (χ2n) is 7.43. The number of nitrogens with zero attached hydrogens (tertiary/aromatic N) is 1. The largest absolute Gasteiger partial charge is 0.497 e. The summed E-state index contributed by atoms with van der Waals surface area (Å²) in [4.78, 5) is 18.6. The van der Waals surface area contributed by atoms with E-state index >= 15 is 0 Å². The molecule has 1 amide bonds. The minimum atomic E-state index is -3.92. The lowest BCUT2D eigenvalue weighted by Gasteiger charge is -2.12. The van der Waals surface area contributed by atoms with Gasteiger partial charge in [-0.05, 0) is 67.6 Å². The van der Waals surface area contributed by atoms with Crippen LogP contribution >= 0.6 is 11.3 Å². The monoisotopic (exact) mass is 509 g/mol. The Morgan fingerprint density at radius 2 is 1.49 bits per heavy atom. The van der Waals surface area contributed by atoms with Crippen LogP contribution in [-0.2, 0) is 10.0 Å². The lowest BCUT2D eigenvalue weighted by Crippen LogP contribution is -2.18. The fourth-order valence-corrected chi connectivity index (χ4v) is 5.27. The number of carbonyl (C=O) groups excluding carboxylic acids is 1. The maximum Gasteiger partial charge on any atom is 0.261 e. The number of carbonyl (C=O) groups is 1. The summed E-state index contributed by atoms with van der Waals surface area (Å²) in [5, 5.41) is 3.19. The lowest BCUT2D eigenvalue weighted by atomic mass is 10.1. The highest BCUT2D eigenvalue weighted by molar-refractivity contribution is 7.92. The second kappa shape index (κ2) is 10.2. The van der Waals surface area contributed by atoms with E-state index in [9.17, 15) is 13.2 Å². The Morgan fingerprint density at radius 1 is 0.886 bits per heavy atom. The van der Waals surface area contributed by atoms with Crippen LogP contribution < -0.4 is 19.5 Å². The van der Waals surface area contributed by atoms with E-state index in [4.69, 9.17) is 9.47 Å². The number of anilines is 2. The van der Waals surface area contributed by atoms with Gasteiger partial charge in [0, 0.05) is 10.4 Å². The van der Waals surface area contributed by atoms with Gasteiger partial charge in [-0.15, -0.1) is 11.3 Å². The van der Waals surface area contributed by atoms with Gasteiger partial charge in [-0.1, -0.05) is 12.1 Å². The third-order valence-corrected chi connectivity index (χ3v) is 7.43. The number of para-hydroxylation sites is 1. The molecule has 2 N–H and O–H groups in total. The number of hydrogen-bond acceptors (Lipinski definition) is 7. The summed E-state index contributed by atoms with van der Waals surface area (Å²) in [5.74, 6) is 0.799. The highest BCUT2D eigenvalue weighted by atomic mass is 32.2. The van der Waals surface area contributed by atoms with Crippen LogP contribution in [0.1, 0.15) is 15.2 Å². The summed E-state index contributed by atoms with van der Waals surface area (Å²) < 4.78 is 38.5. The zero-order valence-electron chi connectivity index (χ0n) is 19.2. The SMILES string of the molecule is COc1ccc(-c2nc(NC(=O)c3ccccc3NS(=O)(=O)c3ccc(OC)cc3)sc2C)cc1. The first-order valence-electron chi connectivity index (χ1n) is 10.5. The van der Waals surface area contributed by atoms with E-state index in [2.05, 4.69) is 15.0 Å².